The van der Waals surface area contributed by atoms with Crippen LogP contribution >= 0.6 is 11.6 Å². The Morgan fingerprint density at radius 2 is 2.05 bits per heavy atom. The molecule has 0 aliphatic heterocycles. The number of nitrogens with zero attached hydrogens (tertiary/aromatic N) is 4. The molecule has 1 aromatic heterocycles. The summed E-state index contributed by atoms with van der Waals surface area (Å²) >= 11 is 5.96. The van der Waals surface area contributed by atoms with Crippen molar-refractivity contribution in [2.45, 2.75) is 45.1 Å². The highest BCUT2D eigenvalue weighted by atomic mass is 35.5. The molecule has 2 aromatic rings. The number of anilines is 1. The third-order valence-corrected chi connectivity index (χ3v) is 4.70. The van der Waals surface area contributed by atoms with E-state index in [1.807, 2.05) is 16.8 Å². The molecule has 21 heavy (non-hydrogen) atoms. The van der Waals surface area contributed by atoms with E-state index in [1.165, 1.54) is 32.1 Å². The van der Waals surface area contributed by atoms with E-state index >= 15 is 0 Å². The molecule has 1 atom stereocenters. The molecule has 112 valence electrons. The summed E-state index contributed by atoms with van der Waals surface area (Å²) in [5.74, 6) is 1.36. The van der Waals surface area contributed by atoms with E-state index in [4.69, 9.17) is 17.3 Å². The van der Waals surface area contributed by atoms with Crippen molar-refractivity contribution in [1.82, 2.24) is 20.2 Å². The van der Waals surface area contributed by atoms with Gasteiger partial charge in [0.15, 0.2) is 5.82 Å². The van der Waals surface area contributed by atoms with Crippen LogP contribution in [0.5, 0.6) is 0 Å². The van der Waals surface area contributed by atoms with Gasteiger partial charge in [-0.1, -0.05) is 30.9 Å². The van der Waals surface area contributed by atoms with Gasteiger partial charge in [-0.15, -0.1) is 5.10 Å². The largest absolute Gasteiger partial charge is 0.398 e. The van der Waals surface area contributed by atoms with Crippen LogP contribution in [0.3, 0.4) is 0 Å². The minimum absolute atomic E-state index is 0.283. The zero-order valence-electron chi connectivity index (χ0n) is 12.2. The molecule has 0 spiro atoms. The molecule has 5 nitrogen and oxygen atoms in total. The minimum Gasteiger partial charge on any atom is -0.398 e. The van der Waals surface area contributed by atoms with Crippen molar-refractivity contribution in [2.75, 3.05) is 5.73 Å². The molecule has 0 radical (unpaired) electrons. The first-order valence-corrected chi connectivity index (χ1v) is 7.88. The van der Waals surface area contributed by atoms with Gasteiger partial charge in [0.2, 0.25) is 0 Å². The average molecular weight is 306 g/mol. The Hall–Kier alpha value is -1.62. The maximum atomic E-state index is 6.07. The lowest BCUT2D eigenvalue weighted by molar-refractivity contribution is 0.249. The maximum absolute atomic E-state index is 6.07. The van der Waals surface area contributed by atoms with E-state index in [0.717, 1.165) is 11.4 Å². The zero-order chi connectivity index (χ0) is 14.8. The minimum atomic E-state index is 0.283. The van der Waals surface area contributed by atoms with Crippen molar-refractivity contribution in [3.63, 3.8) is 0 Å². The highest BCUT2D eigenvalue weighted by Gasteiger charge is 2.25. The summed E-state index contributed by atoms with van der Waals surface area (Å²) in [6.07, 6.45) is 6.44. The van der Waals surface area contributed by atoms with E-state index in [-0.39, 0.29) is 6.04 Å². The molecule has 2 N–H and O–H groups in total. The maximum Gasteiger partial charge on any atom is 0.184 e. The number of tetrazole rings is 1. The second-order valence-electron chi connectivity index (χ2n) is 5.82. The molecule has 3 rings (SSSR count). The van der Waals surface area contributed by atoms with Gasteiger partial charge < -0.3 is 5.73 Å². The molecule has 1 fully saturated rings. The van der Waals surface area contributed by atoms with Crippen LogP contribution in [0.15, 0.2) is 18.2 Å². The number of halogens is 1. The number of nitrogens with two attached hydrogens (primary N) is 1. The molecule has 1 unspecified atom stereocenters. The monoisotopic (exact) mass is 305 g/mol. The molecule has 0 bridgehead atoms. The number of nitrogen functional groups attached to an aromatic ring is 1. The number of aromatic nitrogens is 4. The van der Waals surface area contributed by atoms with E-state index in [0.29, 0.717) is 16.6 Å². The van der Waals surface area contributed by atoms with E-state index in [2.05, 4.69) is 22.4 Å². The predicted molar refractivity (Wildman–Crippen MR) is 84.0 cm³/mol. The second-order valence-corrected chi connectivity index (χ2v) is 6.25. The molecule has 0 amide bonds. The molecule has 1 saturated carbocycles. The summed E-state index contributed by atoms with van der Waals surface area (Å²) < 4.78 is 1.91. The van der Waals surface area contributed by atoms with Crippen LogP contribution < -0.4 is 5.73 Å². The molecule has 1 heterocycles. The van der Waals surface area contributed by atoms with Gasteiger partial charge in [0.1, 0.15) is 0 Å². The van der Waals surface area contributed by atoms with Crippen LogP contribution in [-0.2, 0) is 0 Å². The Morgan fingerprint density at radius 1 is 1.29 bits per heavy atom. The van der Waals surface area contributed by atoms with Gasteiger partial charge in [-0.3, -0.25) is 0 Å². The van der Waals surface area contributed by atoms with Crippen molar-refractivity contribution in [3.05, 3.63) is 23.2 Å². The van der Waals surface area contributed by atoms with Crippen LogP contribution in [0.2, 0.25) is 5.02 Å². The first-order valence-electron chi connectivity index (χ1n) is 7.50. The zero-order valence-corrected chi connectivity index (χ0v) is 12.9. The summed E-state index contributed by atoms with van der Waals surface area (Å²) in [6, 6.07) is 5.72. The normalized spacial score (nSPS) is 17.8. The highest BCUT2D eigenvalue weighted by molar-refractivity contribution is 6.31. The topological polar surface area (TPSA) is 69.6 Å². The van der Waals surface area contributed by atoms with Crippen molar-refractivity contribution in [2.24, 2.45) is 5.92 Å². The summed E-state index contributed by atoms with van der Waals surface area (Å²) in [5.41, 5.74) is 7.51. The molecule has 1 aromatic carbocycles. The van der Waals surface area contributed by atoms with Gasteiger partial charge in [0, 0.05) is 16.3 Å². The number of benzene rings is 1. The fraction of sp³-hybridized carbons (Fsp3) is 0.533. The van der Waals surface area contributed by atoms with E-state index < -0.39 is 0 Å². The van der Waals surface area contributed by atoms with Crippen LogP contribution in [0.4, 0.5) is 5.69 Å². The van der Waals surface area contributed by atoms with Gasteiger partial charge in [0.25, 0.3) is 0 Å². The van der Waals surface area contributed by atoms with Crippen LogP contribution in [0.25, 0.3) is 11.4 Å². The van der Waals surface area contributed by atoms with Crippen LogP contribution in [0, 0.1) is 5.92 Å². The van der Waals surface area contributed by atoms with Crippen molar-refractivity contribution >= 4 is 17.3 Å². The SMILES string of the molecule is CC(C1CCCCC1)n1nnnc1-c1ccc(Cl)cc1N. The predicted octanol–water partition coefficient (Wildman–Crippen LogP) is 3.72. The number of rotatable bonds is 3. The van der Waals surface area contributed by atoms with Gasteiger partial charge in [-0.2, -0.15) is 0 Å². The molecule has 1 aliphatic carbocycles. The number of hydrogen-bond acceptors (Lipinski definition) is 4. The Morgan fingerprint density at radius 3 is 2.76 bits per heavy atom. The second kappa shape index (κ2) is 6.02. The standard InChI is InChI=1S/C15H20ClN5/c1-10(11-5-3-2-4-6-11)21-15(18-19-20-21)13-8-7-12(16)9-14(13)17/h7-11H,2-6,17H2,1H3. The summed E-state index contributed by atoms with van der Waals surface area (Å²) in [4.78, 5) is 0. The van der Waals surface area contributed by atoms with Gasteiger partial charge in [-0.05, 0) is 54.3 Å². The Bertz CT molecular complexity index is 618. The summed E-state index contributed by atoms with van der Waals surface area (Å²) in [5, 5.41) is 12.8. The lowest BCUT2D eigenvalue weighted by Crippen LogP contribution is -2.21. The third-order valence-electron chi connectivity index (χ3n) is 4.47. The first kappa shape index (κ1) is 14.3. The number of hydrogen-bond donors (Lipinski definition) is 1. The summed E-state index contributed by atoms with van der Waals surface area (Å²) in [6.45, 7) is 2.20. The molecule has 0 saturated heterocycles. The van der Waals surface area contributed by atoms with Crippen molar-refractivity contribution < 1.29 is 0 Å². The smallest absolute Gasteiger partial charge is 0.184 e. The van der Waals surface area contributed by atoms with Crippen molar-refractivity contribution in [3.8, 4) is 11.4 Å². The molecule has 1 aliphatic rings. The van der Waals surface area contributed by atoms with Crippen molar-refractivity contribution in [1.29, 1.82) is 0 Å². The Labute approximate surface area is 129 Å². The fourth-order valence-corrected chi connectivity index (χ4v) is 3.38. The first-order chi connectivity index (χ1) is 10.2. The van der Waals surface area contributed by atoms with Crippen LogP contribution in [-0.4, -0.2) is 20.2 Å². The third kappa shape index (κ3) is 2.88. The molecular weight excluding hydrogens is 286 g/mol. The van der Waals surface area contributed by atoms with E-state index in [9.17, 15) is 0 Å². The molecular formula is C15H20ClN5. The Balaban J connectivity index is 1.93. The summed E-state index contributed by atoms with van der Waals surface area (Å²) in [7, 11) is 0. The van der Waals surface area contributed by atoms with Gasteiger partial charge in [-0.25, -0.2) is 4.68 Å². The van der Waals surface area contributed by atoms with Crippen LogP contribution in [0.1, 0.15) is 45.1 Å². The lowest BCUT2D eigenvalue weighted by Gasteiger charge is -2.28. The Kier molecular flexibility index (Phi) is 4.10. The lowest BCUT2D eigenvalue weighted by atomic mass is 9.84. The average Bonchev–Trinajstić information content (AvgIpc) is 2.96. The van der Waals surface area contributed by atoms with Gasteiger partial charge in [0.05, 0.1) is 6.04 Å². The van der Waals surface area contributed by atoms with E-state index in [1.54, 1.807) is 6.07 Å². The molecule has 6 heteroatoms. The fourth-order valence-electron chi connectivity index (χ4n) is 3.20. The highest BCUT2D eigenvalue weighted by Crippen LogP contribution is 2.35. The quantitative estimate of drug-likeness (QED) is 0.877. The van der Waals surface area contributed by atoms with Gasteiger partial charge >= 0.3 is 0 Å².